The Bertz CT molecular complexity index is 6230. The van der Waals surface area contributed by atoms with Crippen LogP contribution in [0.2, 0.25) is 0 Å². The van der Waals surface area contributed by atoms with Gasteiger partial charge in [0.2, 0.25) is 0 Å². The van der Waals surface area contributed by atoms with Gasteiger partial charge in [0.25, 0.3) is 6.71 Å². The molecule has 0 fully saturated rings. The summed E-state index contributed by atoms with van der Waals surface area (Å²) in [7, 11) is 0. The van der Waals surface area contributed by atoms with Crippen molar-refractivity contribution in [2.75, 3.05) is 9.80 Å². The molecule has 0 spiro atoms. The number of furan rings is 1. The highest BCUT2D eigenvalue weighted by Gasteiger charge is 2.46. The molecule has 5 heteroatoms. The Labute approximate surface area is 620 Å². The van der Waals surface area contributed by atoms with Crippen LogP contribution in [0.3, 0.4) is 0 Å². The normalized spacial score (nSPS) is 14.4. The second kappa shape index (κ2) is 23.9. The molecule has 0 amide bonds. The lowest BCUT2D eigenvalue weighted by atomic mass is 9.33. The smallest absolute Gasteiger partial charge is 0.252 e. The van der Waals surface area contributed by atoms with Crippen molar-refractivity contribution in [2.24, 2.45) is 0 Å². The molecule has 15 aromatic rings. The van der Waals surface area contributed by atoms with E-state index in [-0.39, 0.29) is 61.0 Å². The molecule has 2 aliphatic rings. The zero-order valence-corrected chi connectivity index (χ0v) is 61.7. The summed E-state index contributed by atoms with van der Waals surface area (Å²) in [4.78, 5) is 5.01. The molecule has 0 bridgehead atoms. The summed E-state index contributed by atoms with van der Waals surface area (Å²) >= 11 is 0. The second-order valence-corrected chi connectivity index (χ2v) is 33.7. The van der Waals surface area contributed by atoms with Gasteiger partial charge < -0.3 is 18.8 Å². The van der Waals surface area contributed by atoms with Gasteiger partial charge in [0.05, 0.1) is 38.8 Å². The third kappa shape index (κ3) is 11.2. The number of nitrogens with zero attached hydrogens (tertiary/aromatic N) is 3. The van der Waals surface area contributed by atoms with E-state index in [2.05, 4.69) is 320 Å². The number of aromatic nitrogens is 1. The lowest BCUT2D eigenvalue weighted by Gasteiger charge is -2.46. The zero-order valence-electron chi connectivity index (χ0n) is 69.7. The molecule has 0 radical (unpaired) electrons. The van der Waals surface area contributed by atoms with E-state index in [9.17, 15) is 8.22 Å². The van der Waals surface area contributed by atoms with Crippen molar-refractivity contribution in [3.63, 3.8) is 0 Å². The number of anilines is 6. The van der Waals surface area contributed by atoms with Crippen molar-refractivity contribution >= 4 is 101 Å². The molecule has 17 rings (SSSR count). The molecular formula is C98H90BN3O. The van der Waals surface area contributed by atoms with Crippen molar-refractivity contribution in [3.8, 4) is 61.3 Å². The third-order valence-electron chi connectivity index (χ3n) is 21.6. The van der Waals surface area contributed by atoms with Gasteiger partial charge in [-0.25, -0.2) is 0 Å². The second-order valence-electron chi connectivity index (χ2n) is 33.7. The average molecular weight is 1340 g/mol. The van der Waals surface area contributed by atoms with Gasteiger partial charge in [-0.05, 0) is 189 Å². The van der Waals surface area contributed by atoms with E-state index >= 15 is 0 Å². The first-order valence-electron chi connectivity index (χ1n) is 40.3. The number of hydrogen-bond donors (Lipinski definition) is 0. The first-order chi connectivity index (χ1) is 52.5. The van der Waals surface area contributed by atoms with E-state index in [0.29, 0.717) is 16.9 Å². The van der Waals surface area contributed by atoms with Crippen LogP contribution < -0.4 is 26.2 Å². The molecule has 0 saturated carbocycles. The van der Waals surface area contributed by atoms with E-state index in [1.807, 2.05) is 18.2 Å². The maximum absolute atomic E-state index is 9.87. The van der Waals surface area contributed by atoms with E-state index < -0.39 is 43.0 Å². The molecule has 0 aliphatic carbocycles. The van der Waals surface area contributed by atoms with Crippen molar-refractivity contribution in [1.82, 2.24) is 4.57 Å². The number of hydrogen-bond acceptors (Lipinski definition) is 3. The molecule has 13 aromatic carbocycles. The number of fused-ring (bicyclic) bond motifs is 10. The minimum atomic E-state index is -0.511. The Morgan fingerprint density at radius 3 is 1.36 bits per heavy atom. The molecule has 4 heterocycles. The van der Waals surface area contributed by atoms with Crippen molar-refractivity contribution in [3.05, 3.63) is 301 Å². The van der Waals surface area contributed by atoms with Crippen LogP contribution in [-0.2, 0) is 27.1 Å². The summed E-state index contributed by atoms with van der Waals surface area (Å²) in [6.45, 7) is 33.6. The van der Waals surface area contributed by atoms with Gasteiger partial charge >= 0.3 is 0 Å². The van der Waals surface area contributed by atoms with E-state index in [1.54, 1.807) is 4.57 Å². The van der Waals surface area contributed by atoms with Crippen LogP contribution in [0, 0.1) is 0 Å². The Balaban J connectivity index is 1.09. The minimum Gasteiger partial charge on any atom is -0.456 e. The highest BCUT2D eigenvalue weighted by Crippen LogP contribution is 2.55. The number of rotatable bonds is 8. The number of para-hydroxylation sites is 3. The van der Waals surface area contributed by atoms with Crippen molar-refractivity contribution in [2.45, 2.75) is 131 Å². The molecule has 2 aliphatic heterocycles. The van der Waals surface area contributed by atoms with Gasteiger partial charge in [0.15, 0.2) is 0 Å². The van der Waals surface area contributed by atoms with Crippen molar-refractivity contribution < 1.29 is 15.4 Å². The molecule has 0 atom stereocenters. The molecule has 4 nitrogen and oxygen atoms in total. The van der Waals surface area contributed by atoms with Crippen LogP contribution in [0.1, 0.15) is 143 Å². The molecule has 2 aromatic heterocycles. The fourth-order valence-corrected chi connectivity index (χ4v) is 15.8. The van der Waals surface area contributed by atoms with Gasteiger partial charge in [0.1, 0.15) is 11.2 Å². The average Bonchev–Trinajstić information content (AvgIpc) is 1.44. The van der Waals surface area contributed by atoms with E-state index in [4.69, 9.17) is 7.16 Å². The standard InChI is InChI=1S/C98H90BN3O/c1-94(2,3)69-44-41-61(42-45-69)68-53-86(91-77-37-24-27-40-89(77)103-90(91)56-68)101-85-60-74(100-82-38-25-22-35-75(82)76-36-23-26-39-83(76)100)46-48-81(85)99-80-47-43-65(66-50-71(96(7,8)9)57-72(51-66)97(10,11)12)52-84(80)102(88-55-67(54-87(101)92(88)99)64-33-28-34-70(49-64)95(4,5)6)93-78(62-29-18-16-19-30-62)58-73(98(13,14)15)59-79(93)63-31-20-17-21-32-63/h16-60H,1-15H3/i22D,23D,25D,26D,35D,36D,38D,39D. The van der Waals surface area contributed by atoms with Crippen LogP contribution in [0.4, 0.5) is 34.1 Å². The fraction of sp³-hybridized carbons (Fsp3) is 0.204. The Hall–Kier alpha value is -10.9. The summed E-state index contributed by atoms with van der Waals surface area (Å²) in [6, 6.07) is 78.9. The van der Waals surface area contributed by atoms with Crippen LogP contribution in [-0.4, -0.2) is 11.3 Å². The highest BCUT2D eigenvalue weighted by atomic mass is 16.3. The predicted molar refractivity (Wildman–Crippen MR) is 443 cm³/mol. The van der Waals surface area contributed by atoms with Gasteiger partial charge in [0, 0.05) is 55.7 Å². The molecule has 0 unspecified atom stereocenters. The van der Waals surface area contributed by atoms with Gasteiger partial charge in [-0.3, -0.25) is 0 Å². The maximum atomic E-state index is 9.87. The zero-order chi connectivity index (χ0) is 78.4. The van der Waals surface area contributed by atoms with Crippen LogP contribution in [0.5, 0.6) is 0 Å². The quantitative estimate of drug-likeness (QED) is 0.142. The Morgan fingerprint density at radius 1 is 0.311 bits per heavy atom. The summed E-state index contributed by atoms with van der Waals surface area (Å²) in [5.41, 5.74) is 25.6. The maximum Gasteiger partial charge on any atom is 0.252 e. The van der Waals surface area contributed by atoms with Crippen LogP contribution in [0.25, 0.3) is 105 Å². The lowest BCUT2D eigenvalue weighted by Crippen LogP contribution is -2.61. The summed E-state index contributed by atoms with van der Waals surface area (Å²) < 4.78 is 84.6. The van der Waals surface area contributed by atoms with Gasteiger partial charge in [-0.2, -0.15) is 0 Å². The minimum absolute atomic E-state index is 0.00601. The topological polar surface area (TPSA) is 24.6 Å². The molecule has 0 saturated heterocycles. The Kier molecular flexibility index (Phi) is 13.1. The van der Waals surface area contributed by atoms with E-state index in [0.717, 1.165) is 117 Å². The molecular weight excluding hydrogens is 1250 g/mol. The summed E-state index contributed by atoms with van der Waals surface area (Å²) in [5.74, 6) is 0. The molecule has 506 valence electrons. The molecule has 103 heavy (non-hydrogen) atoms. The predicted octanol–water partition coefficient (Wildman–Crippen LogP) is 25.6. The van der Waals surface area contributed by atoms with E-state index in [1.165, 1.54) is 27.8 Å². The monoisotopic (exact) mass is 1340 g/mol. The third-order valence-corrected chi connectivity index (χ3v) is 21.6. The first-order valence-corrected chi connectivity index (χ1v) is 36.3. The first kappa shape index (κ1) is 56.7. The Morgan fingerprint density at radius 2 is 0.767 bits per heavy atom. The largest absolute Gasteiger partial charge is 0.456 e. The lowest BCUT2D eigenvalue weighted by molar-refractivity contribution is 0.569. The summed E-state index contributed by atoms with van der Waals surface area (Å²) in [5, 5.41) is 1.78. The number of benzene rings is 13. The van der Waals surface area contributed by atoms with Crippen LogP contribution >= 0.6 is 0 Å². The fourth-order valence-electron chi connectivity index (χ4n) is 15.8. The SMILES string of the molecule is [2H]c1c([2H])c([2H])c2c(c1[2H])c1c([2H])c([2H])c([2H])c([2H])c1n2-c1ccc2c(c1)N(c1cc(-c3ccc(C(C)(C)C)cc3)cc3oc4ccccc4c13)c1cc(-c3cccc(C(C)(C)C)c3)cc3c1B2c1ccc(-c2cc(C(C)(C)C)cc(C(C)(C)C)c2)cc1N3c1c(-c2ccccc2)cc(C(C)(C)C)cc1-c1ccccc1. The van der Waals surface area contributed by atoms with Crippen molar-refractivity contribution in [1.29, 1.82) is 0 Å². The summed E-state index contributed by atoms with van der Waals surface area (Å²) in [6.07, 6.45) is 0. The van der Waals surface area contributed by atoms with Crippen LogP contribution in [0.15, 0.2) is 277 Å². The van der Waals surface area contributed by atoms with Gasteiger partial charge in [-0.15, -0.1) is 0 Å². The van der Waals surface area contributed by atoms with Gasteiger partial charge in [-0.1, -0.05) is 304 Å². The highest BCUT2D eigenvalue weighted by molar-refractivity contribution is 7.00. The molecule has 0 N–H and O–H groups in total.